The molecule has 0 aliphatic carbocycles. The average molecular weight is 174 g/mol. The van der Waals surface area contributed by atoms with Crippen LogP contribution in [-0.4, -0.2) is 13.0 Å². The van der Waals surface area contributed by atoms with Crippen molar-refractivity contribution in [2.45, 2.75) is 0 Å². The topological polar surface area (TPSA) is 67.5 Å². The van der Waals surface area contributed by atoms with E-state index in [1.54, 1.807) is 12.1 Å². The molecule has 0 amide bonds. The third-order valence-corrected chi connectivity index (χ3v) is 1.43. The van der Waals surface area contributed by atoms with E-state index >= 15 is 0 Å². The summed E-state index contributed by atoms with van der Waals surface area (Å²) >= 11 is 0. The van der Waals surface area contributed by atoms with Gasteiger partial charge in [-0.15, -0.1) is 0 Å². The van der Waals surface area contributed by atoms with Gasteiger partial charge in [-0.05, 0) is 18.2 Å². The van der Waals surface area contributed by atoms with E-state index in [-0.39, 0.29) is 0 Å². The average Bonchev–Trinajstić information content (AvgIpc) is 2.32. The fourth-order valence-electron chi connectivity index (χ4n) is 0.539. The molecule has 1 rings (SSSR count). The van der Waals surface area contributed by atoms with Crippen LogP contribution in [0.25, 0.3) is 6.08 Å². The van der Waals surface area contributed by atoms with Crippen LogP contribution in [0.1, 0.15) is 5.76 Å². The molecule has 60 valence electrons. The predicted molar refractivity (Wildman–Crippen MR) is 39.3 cm³/mol. The van der Waals surface area contributed by atoms with Gasteiger partial charge in [0.05, 0.1) is 11.7 Å². The monoisotopic (exact) mass is 174 g/mol. The molecule has 1 aromatic heterocycles. The zero-order valence-corrected chi connectivity index (χ0v) is 6.28. The molecule has 0 radical (unpaired) electrons. The molecule has 0 aromatic carbocycles. The Morgan fingerprint density at radius 3 is 2.73 bits per heavy atom. The Balaban J connectivity index is 2.79. The highest BCUT2D eigenvalue weighted by atomic mass is 32.2. The van der Waals surface area contributed by atoms with Crippen LogP contribution >= 0.6 is 0 Å². The van der Waals surface area contributed by atoms with Crippen LogP contribution in [-0.2, 0) is 10.1 Å². The van der Waals surface area contributed by atoms with E-state index < -0.39 is 10.1 Å². The lowest BCUT2D eigenvalue weighted by molar-refractivity contribution is 0.494. The Hall–Kier alpha value is -1.07. The molecule has 0 aliphatic rings. The minimum absolute atomic E-state index is 0.377. The van der Waals surface area contributed by atoms with Gasteiger partial charge in [0.25, 0.3) is 10.1 Å². The maximum atomic E-state index is 10.2. The van der Waals surface area contributed by atoms with Crippen molar-refractivity contribution in [3.63, 3.8) is 0 Å². The molecule has 11 heavy (non-hydrogen) atoms. The fraction of sp³-hybridized carbons (Fsp3) is 0. The molecule has 0 atom stereocenters. The minimum Gasteiger partial charge on any atom is -0.465 e. The zero-order chi connectivity index (χ0) is 8.32. The van der Waals surface area contributed by atoms with Gasteiger partial charge < -0.3 is 4.42 Å². The Kier molecular flexibility index (Phi) is 2.11. The Morgan fingerprint density at radius 1 is 1.55 bits per heavy atom. The first kappa shape index (κ1) is 8.03. The van der Waals surface area contributed by atoms with E-state index in [2.05, 4.69) is 0 Å². The van der Waals surface area contributed by atoms with Crippen LogP contribution < -0.4 is 0 Å². The minimum atomic E-state index is -4.04. The maximum absolute atomic E-state index is 10.2. The standard InChI is InChI=1S/C6H6O4S/c7-11(8,9)5-3-6-2-1-4-10-6/h1-5H,(H,7,8,9)/b5-3+. The third-order valence-electron chi connectivity index (χ3n) is 0.947. The van der Waals surface area contributed by atoms with Gasteiger partial charge in [0, 0.05) is 0 Å². The van der Waals surface area contributed by atoms with Crippen LogP contribution in [0.15, 0.2) is 28.2 Å². The molecule has 0 fully saturated rings. The zero-order valence-electron chi connectivity index (χ0n) is 5.47. The summed E-state index contributed by atoms with van der Waals surface area (Å²) in [6.45, 7) is 0. The summed E-state index contributed by atoms with van der Waals surface area (Å²) in [6.07, 6.45) is 2.57. The highest BCUT2D eigenvalue weighted by Crippen LogP contribution is 2.03. The summed E-state index contributed by atoms with van der Waals surface area (Å²) < 4.78 is 33.3. The van der Waals surface area contributed by atoms with Gasteiger partial charge in [-0.2, -0.15) is 8.42 Å². The van der Waals surface area contributed by atoms with E-state index in [1.807, 2.05) is 0 Å². The van der Waals surface area contributed by atoms with Gasteiger partial charge >= 0.3 is 0 Å². The lowest BCUT2D eigenvalue weighted by Gasteiger charge is -1.82. The van der Waals surface area contributed by atoms with Crippen LogP contribution in [0.2, 0.25) is 0 Å². The summed E-state index contributed by atoms with van der Waals surface area (Å²) in [5.74, 6) is 0.377. The Morgan fingerprint density at radius 2 is 2.27 bits per heavy atom. The second kappa shape index (κ2) is 2.89. The van der Waals surface area contributed by atoms with Crippen molar-refractivity contribution in [2.75, 3.05) is 0 Å². The number of hydrogen-bond donors (Lipinski definition) is 1. The molecule has 1 aromatic rings. The molecule has 0 spiro atoms. The summed E-state index contributed by atoms with van der Waals surface area (Å²) in [6, 6.07) is 3.19. The second-order valence-corrected chi connectivity index (χ2v) is 3.14. The van der Waals surface area contributed by atoms with Crippen molar-refractivity contribution in [1.29, 1.82) is 0 Å². The van der Waals surface area contributed by atoms with E-state index in [9.17, 15) is 8.42 Å². The van der Waals surface area contributed by atoms with Crippen LogP contribution in [0.4, 0.5) is 0 Å². The largest absolute Gasteiger partial charge is 0.465 e. The Bertz CT molecular complexity index is 333. The lowest BCUT2D eigenvalue weighted by atomic mass is 10.5. The Labute approximate surface area is 63.9 Å². The van der Waals surface area contributed by atoms with Crippen molar-refractivity contribution in [2.24, 2.45) is 0 Å². The third kappa shape index (κ3) is 3.01. The number of furan rings is 1. The lowest BCUT2D eigenvalue weighted by Crippen LogP contribution is -1.88. The van der Waals surface area contributed by atoms with E-state index in [4.69, 9.17) is 8.97 Å². The second-order valence-electron chi connectivity index (χ2n) is 1.83. The summed E-state index contributed by atoms with van der Waals surface area (Å²) in [5.41, 5.74) is 0. The quantitative estimate of drug-likeness (QED) is 0.682. The molecule has 1 N–H and O–H groups in total. The SMILES string of the molecule is O=S(=O)(O)/C=C/c1ccco1. The molecule has 0 saturated carbocycles. The van der Waals surface area contributed by atoms with Gasteiger partial charge in [0.2, 0.25) is 0 Å². The first-order valence-electron chi connectivity index (χ1n) is 2.77. The summed E-state index contributed by atoms with van der Waals surface area (Å²) in [7, 11) is -4.04. The number of rotatable bonds is 2. The van der Waals surface area contributed by atoms with Crippen LogP contribution in [0.5, 0.6) is 0 Å². The van der Waals surface area contributed by atoms with Gasteiger partial charge in [-0.25, -0.2) is 0 Å². The predicted octanol–water partition coefficient (Wildman–Crippen LogP) is 1.14. The normalized spacial score (nSPS) is 12.5. The molecule has 0 unspecified atom stereocenters. The van der Waals surface area contributed by atoms with Crippen molar-refractivity contribution >= 4 is 16.2 Å². The van der Waals surface area contributed by atoms with Crippen LogP contribution in [0, 0.1) is 0 Å². The maximum Gasteiger partial charge on any atom is 0.287 e. The van der Waals surface area contributed by atoms with E-state index in [0.29, 0.717) is 11.2 Å². The van der Waals surface area contributed by atoms with Gasteiger partial charge in [-0.3, -0.25) is 4.55 Å². The van der Waals surface area contributed by atoms with Crippen LogP contribution in [0.3, 0.4) is 0 Å². The summed E-state index contributed by atoms with van der Waals surface area (Å²) in [4.78, 5) is 0. The highest BCUT2D eigenvalue weighted by Gasteiger charge is 1.95. The van der Waals surface area contributed by atoms with Gasteiger partial charge in [-0.1, -0.05) is 0 Å². The summed E-state index contributed by atoms with van der Waals surface area (Å²) in [5, 5.41) is 0.659. The molecule has 0 aliphatic heterocycles. The van der Waals surface area contributed by atoms with E-state index in [0.717, 1.165) is 6.08 Å². The molecule has 1 heterocycles. The van der Waals surface area contributed by atoms with Crippen molar-refractivity contribution < 1.29 is 17.4 Å². The molecule has 4 nitrogen and oxygen atoms in total. The fourth-order valence-corrected chi connectivity index (χ4v) is 0.845. The number of hydrogen-bond acceptors (Lipinski definition) is 3. The van der Waals surface area contributed by atoms with Crippen molar-refractivity contribution in [3.05, 3.63) is 29.6 Å². The molecule has 0 saturated heterocycles. The van der Waals surface area contributed by atoms with Crippen molar-refractivity contribution in [1.82, 2.24) is 0 Å². The molecular formula is C6H6O4S. The van der Waals surface area contributed by atoms with E-state index in [1.165, 1.54) is 6.26 Å². The van der Waals surface area contributed by atoms with Crippen molar-refractivity contribution in [3.8, 4) is 0 Å². The molecular weight excluding hydrogens is 168 g/mol. The first-order chi connectivity index (χ1) is 5.08. The molecule has 0 bridgehead atoms. The first-order valence-corrected chi connectivity index (χ1v) is 4.27. The molecule has 5 heteroatoms. The highest BCUT2D eigenvalue weighted by molar-refractivity contribution is 7.88. The smallest absolute Gasteiger partial charge is 0.287 e. The van der Waals surface area contributed by atoms with Gasteiger partial charge in [0.1, 0.15) is 5.76 Å². The van der Waals surface area contributed by atoms with Gasteiger partial charge in [0.15, 0.2) is 0 Å².